The van der Waals surface area contributed by atoms with Crippen molar-refractivity contribution in [3.05, 3.63) is 58.1 Å². The number of aryl methyl sites for hydroxylation is 1. The van der Waals surface area contributed by atoms with Crippen molar-refractivity contribution in [2.45, 2.75) is 13.8 Å². The van der Waals surface area contributed by atoms with Gasteiger partial charge < -0.3 is 10.1 Å². The Morgan fingerprint density at radius 1 is 1.14 bits per heavy atom. The number of benzene rings is 2. The monoisotopic (exact) mass is 468 g/mol. The summed E-state index contributed by atoms with van der Waals surface area (Å²) in [6.45, 7) is 3.35. The number of hydrogen-bond acceptors (Lipinski definition) is 5. The molecular weight excluding hydrogens is 448 g/mol. The van der Waals surface area contributed by atoms with E-state index >= 15 is 0 Å². The van der Waals surface area contributed by atoms with Crippen LogP contribution in [0.15, 0.2) is 46.9 Å². The Labute approximate surface area is 172 Å². The molecule has 0 aliphatic heterocycles. The van der Waals surface area contributed by atoms with Gasteiger partial charge in [0.2, 0.25) is 15.9 Å². The number of halogens is 1. The normalized spacial score (nSPS) is 11.0. The Kier molecular flexibility index (Phi) is 7.20. The zero-order valence-electron chi connectivity index (χ0n) is 15.7. The zero-order chi connectivity index (χ0) is 20.9. The van der Waals surface area contributed by atoms with E-state index in [1.807, 2.05) is 0 Å². The molecule has 150 valence electrons. The predicted octanol–water partition coefficient (Wildman–Crippen LogP) is 3.34. The van der Waals surface area contributed by atoms with Crippen molar-refractivity contribution in [3.8, 4) is 0 Å². The minimum atomic E-state index is -3.66. The maximum Gasteiger partial charge on any atom is 0.338 e. The Hall–Kier alpha value is -2.39. The number of anilines is 2. The Balaban J connectivity index is 2.17. The molecule has 0 heterocycles. The Morgan fingerprint density at radius 3 is 2.32 bits per heavy atom. The summed E-state index contributed by atoms with van der Waals surface area (Å²) < 4.78 is 31.0. The van der Waals surface area contributed by atoms with E-state index in [1.165, 1.54) is 0 Å². The third-order valence-electron chi connectivity index (χ3n) is 3.81. The van der Waals surface area contributed by atoms with Gasteiger partial charge in [0.05, 0.1) is 24.1 Å². The fourth-order valence-electron chi connectivity index (χ4n) is 2.47. The number of nitrogens with one attached hydrogen (secondary N) is 1. The number of hydrogen-bond donors (Lipinski definition) is 1. The predicted molar refractivity (Wildman–Crippen MR) is 112 cm³/mol. The highest BCUT2D eigenvalue weighted by molar-refractivity contribution is 9.10. The van der Waals surface area contributed by atoms with Crippen LogP contribution in [-0.2, 0) is 19.6 Å². The van der Waals surface area contributed by atoms with E-state index in [0.29, 0.717) is 22.5 Å². The van der Waals surface area contributed by atoms with E-state index in [-0.39, 0.29) is 13.2 Å². The minimum absolute atomic E-state index is 0.272. The Morgan fingerprint density at radius 2 is 1.79 bits per heavy atom. The lowest BCUT2D eigenvalue weighted by molar-refractivity contribution is -0.114. The van der Waals surface area contributed by atoms with Crippen LogP contribution < -0.4 is 9.62 Å². The molecule has 0 atom stereocenters. The number of carbonyl (C=O) groups excluding carboxylic acids is 2. The topological polar surface area (TPSA) is 92.8 Å². The van der Waals surface area contributed by atoms with Crippen LogP contribution in [0.4, 0.5) is 11.4 Å². The molecular formula is C19H21BrN2O5S. The van der Waals surface area contributed by atoms with Gasteiger partial charge in [-0.3, -0.25) is 9.10 Å². The molecule has 28 heavy (non-hydrogen) atoms. The maximum absolute atomic E-state index is 12.5. The standard InChI is InChI=1S/C19H21BrN2O5S/c1-4-27-19(24)14-5-10-17(13(2)11-14)21-18(23)12-22(28(3,25)26)16-8-6-15(20)7-9-16/h5-11H,4,12H2,1-3H3,(H,21,23). The van der Waals surface area contributed by atoms with Gasteiger partial charge in [-0.05, 0) is 61.9 Å². The molecule has 0 saturated carbocycles. The summed E-state index contributed by atoms with van der Waals surface area (Å²) in [5, 5.41) is 2.69. The molecule has 0 bridgehead atoms. The maximum atomic E-state index is 12.5. The lowest BCUT2D eigenvalue weighted by atomic mass is 10.1. The van der Waals surface area contributed by atoms with Crippen LogP contribution in [0, 0.1) is 6.92 Å². The number of nitrogens with zero attached hydrogens (tertiary/aromatic N) is 1. The third kappa shape index (κ3) is 5.80. The number of esters is 1. The van der Waals surface area contributed by atoms with Crippen molar-refractivity contribution in [3.63, 3.8) is 0 Å². The fourth-order valence-corrected chi connectivity index (χ4v) is 3.59. The molecule has 9 heteroatoms. The molecule has 0 spiro atoms. The lowest BCUT2D eigenvalue weighted by Gasteiger charge is -2.22. The quantitative estimate of drug-likeness (QED) is 0.628. The zero-order valence-corrected chi connectivity index (χ0v) is 18.1. The molecule has 2 aromatic carbocycles. The summed E-state index contributed by atoms with van der Waals surface area (Å²) in [4.78, 5) is 24.2. The molecule has 0 unspecified atom stereocenters. The smallest absolute Gasteiger partial charge is 0.338 e. The van der Waals surface area contributed by atoms with Gasteiger partial charge >= 0.3 is 5.97 Å². The van der Waals surface area contributed by atoms with Gasteiger partial charge in [-0.25, -0.2) is 13.2 Å². The highest BCUT2D eigenvalue weighted by Gasteiger charge is 2.21. The van der Waals surface area contributed by atoms with E-state index in [1.54, 1.807) is 56.3 Å². The van der Waals surface area contributed by atoms with Gasteiger partial charge in [0.25, 0.3) is 0 Å². The molecule has 0 radical (unpaired) electrons. The van der Waals surface area contributed by atoms with Crippen LogP contribution >= 0.6 is 15.9 Å². The SMILES string of the molecule is CCOC(=O)c1ccc(NC(=O)CN(c2ccc(Br)cc2)S(C)(=O)=O)c(C)c1. The van der Waals surface area contributed by atoms with Gasteiger partial charge in [0.15, 0.2) is 0 Å². The van der Waals surface area contributed by atoms with Gasteiger partial charge in [-0.1, -0.05) is 15.9 Å². The third-order valence-corrected chi connectivity index (χ3v) is 5.48. The molecule has 0 fully saturated rings. The van der Waals surface area contributed by atoms with Crippen molar-refractivity contribution in [1.29, 1.82) is 0 Å². The second-order valence-electron chi connectivity index (χ2n) is 6.04. The summed E-state index contributed by atoms with van der Waals surface area (Å²) in [6, 6.07) is 11.4. The molecule has 0 aliphatic rings. The van der Waals surface area contributed by atoms with Crippen LogP contribution in [0.5, 0.6) is 0 Å². The van der Waals surface area contributed by atoms with E-state index in [0.717, 1.165) is 15.0 Å². The highest BCUT2D eigenvalue weighted by atomic mass is 79.9. The molecule has 1 N–H and O–H groups in total. The van der Waals surface area contributed by atoms with Crippen molar-refractivity contribution >= 4 is 49.2 Å². The number of amides is 1. The van der Waals surface area contributed by atoms with E-state index in [2.05, 4.69) is 21.2 Å². The number of ether oxygens (including phenoxy) is 1. The average Bonchev–Trinajstić information content (AvgIpc) is 2.61. The first-order valence-electron chi connectivity index (χ1n) is 8.42. The lowest BCUT2D eigenvalue weighted by Crippen LogP contribution is -2.37. The molecule has 1 amide bonds. The van der Waals surface area contributed by atoms with Crippen molar-refractivity contribution in [2.24, 2.45) is 0 Å². The summed E-state index contributed by atoms with van der Waals surface area (Å²) in [6.07, 6.45) is 1.04. The summed E-state index contributed by atoms with van der Waals surface area (Å²) in [5.74, 6) is -0.942. The number of carbonyl (C=O) groups is 2. The summed E-state index contributed by atoms with van der Waals surface area (Å²) in [5.41, 5.74) is 1.91. The van der Waals surface area contributed by atoms with Crippen molar-refractivity contribution < 1.29 is 22.7 Å². The van der Waals surface area contributed by atoms with Crippen LogP contribution in [0.3, 0.4) is 0 Å². The van der Waals surface area contributed by atoms with E-state index < -0.39 is 21.9 Å². The first kappa shape index (κ1) is 21.9. The van der Waals surface area contributed by atoms with Gasteiger partial charge in [-0.15, -0.1) is 0 Å². The summed E-state index contributed by atoms with van der Waals surface area (Å²) >= 11 is 3.29. The van der Waals surface area contributed by atoms with Crippen LogP contribution in [-0.4, -0.2) is 39.7 Å². The van der Waals surface area contributed by atoms with E-state index in [9.17, 15) is 18.0 Å². The highest BCUT2D eigenvalue weighted by Crippen LogP contribution is 2.22. The largest absolute Gasteiger partial charge is 0.462 e. The van der Waals surface area contributed by atoms with Gasteiger partial charge in [-0.2, -0.15) is 0 Å². The molecule has 0 aliphatic carbocycles. The second-order valence-corrected chi connectivity index (χ2v) is 8.87. The van der Waals surface area contributed by atoms with E-state index in [4.69, 9.17) is 4.74 Å². The van der Waals surface area contributed by atoms with Crippen LogP contribution in [0.25, 0.3) is 0 Å². The van der Waals surface area contributed by atoms with Gasteiger partial charge in [0, 0.05) is 10.2 Å². The minimum Gasteiger partial charge on any atom is -0.462 e. The number of sulfonamides is 1. The van der Waals surface area contributed by atoms with Crippen molar-refractivity contribution in [1.82, 2.24) is 0 Å². The molecule has 7 nitrogen and oxygen atoms in total. The Bertz CT molecular complexity index is 974. The van der Waals surface area contributed by atoms with Crippen LogP contribution in [0.1, 0.15) is 22.8 Å². The first-order valence-corrected chi connectivity index (χ1v) is 11.1. The average molecular weight is 469 g/mol. The number of rotatable bonds is 7. The molecule has 2 aromatic rings. The summed E-state index contributed by atoms with van der Waals surface area (Å²) in [7, 11) is -3.66. The molecule has 2 rings (SSSR count). The first-order chi connectivity index (χ1) is 13.1. The second kappa shape index (κ2) is 9.20. The fraction of sp³-hybridized carbons (Fsp3) is 0.263. The van der Waals surface area contributed by atoms with Crippen LogP contribution in [0.2, 0.25) is 0 Å². The molecule has 0 aromatic heterocycles. The molecule has 0 saturated heterocycles. The van der Waals surface area contributed by atoms with Gasteiger partial charge in [0.1, 0.15) is 6.54 Å². The van der Waals surface area contributed by atoms with Crippen molar-refractivity contribution in [2.75, 3.05) is 29.0 Å².